The Morgan fingerprint density at radius 2 is 1.68 bits per heavy atom. The Morgan fingerprint density at radius 3 is 2.28 bits per heavy atom. The predicted molar refractivity (Wildman–Crippen MR) is 101 cm³/mol. The summed E-state index contributed by atoms with van der Waals surface area (Å²) in [6, 6.07) is 16.2. The van der Waals surface area contributed by atoms with E-state index < -0.39 is 6.04 Å². The van der Waals surface area contributed by atoms with Crippen molar-refractivity contribution in [2.75, 3.05) is 5.32 Å². The Bertz CT molecular complexity index is 715. The molecule has 0 bridgehead atoms. The van der Waals surface area contributed by atoms with E-state index in [4.69, 9.17) is 5.73 Å². The van der Waals surface area contributed by atoms with E-state index in [-0.39, 0.29) is 24.2 Å². The minimum absolute atomic E-state index is 0. The zero-order chi connectivity index (χ0) is 16.9. The summed E-state index contributed by atoms with van der Waals surface area (Å²) in [5.74, 6) is -0.315. The Kier molecular flexibility index (Phi) is 6.56. The van der Waals surface area contributed by atoms with Gasteiger partial charge in [-0.05, 0) is 49.1 Å². The van der Waals surface area contributed by atoms with Crippen LogP contribution in [0.4, 0.5) is 5.69 Å². The van der Waals surface area contributed by atoms with Gasteiger partial charge in [-0.25, -0.2) is 0 Å². The molecule has 2 amide bonds. The van der Waals surface area contributed by atoms with Gasteiger partial charge >= 0.3 is 0 Å². The van der Waals surface area contributed by atoms with Gasteiger partial charge in [0, 0.05) is 17.3 Å². The third-order valence-corrected chi connectivity index (χ3v) is 3.96. The van der Waals surface area contributed by atoms with Gasteiger partial charge in [-0.1, -0.05) is 30.3 Å². The van der Waals surface area contributed by atoms with Crippen LogP contribution in [0.15, 0.2) is 54.6 Å². The highest BCUT2D eigenvalue weighted by Gasteiger charge is 2.23. The van der Waals surface area contributed by atoms with Crippen molar-refractivity contribution in [3.63, 3.8) is 0 Å². The number of nitrogens with one attached hydrogen (secondary N) is 2. The van der Waals surface area contributed by atoms with Crippen LogP contribution in [-0.2, 0) is 11.2 Å². The molecule has 25 heavy (non-hydrogen) atoms. The molecule has 1 atom stereocenters. The van der Waals surface area contributed by atoms with E-state index >= 15 is 0 Å². The van der Waals surface area contributed by atoms with Gasteiger partial charge < -0.3 is 16.4 Å². The molecule has 0 saturated heterocycles. The molecule has 1 aliphatic rings. The van der Waals surface area contributed by atoms with Crippen LogP contribution in [0.25, 0.3) is 0 Å². The smallest absolute Gasteiger partial charge is 0.251 e. The maximum atomic E-state index is 12.2. The number of carbonyl (C=O) groups excluding carboxylic acids is 2. The van der Waals surface area contributed by atoms with Gasteiger partial charge in [-0.3, -0.25) is 9.59 Å². The Balaban J connectivity index is 0.00000225. The molecule has 0 aliphatic heterocycles. The molecule has 0 spiro atoms. The lowest BCUT2D eigenvalue weighted by molar-refractivity contribution is -0.117. The first-order chi connectivity index (χ1) is 11.6. The number of carbonyl (C=O) groups is 2. The summed E-state index contributed by atoms with van der Waals surface area (Å²) in [4.78, 5) is 24.1. The van der Waals surface area contributed by atoms with Crippen molar-refractivity contribution in [1.29, 1.82) is 0 Å². The van der Waals surface area contributed by atoms with Crippen LogP contribution >= 0.6 is 12.4 Å². The molecule has 0 radical (unpaired) electrons. The van der Waals surface area contributed by atoms with Gasteiger partial charge in [0.15, 0.2) is 0 Å². The number of rotatable bonds is 6. The lowest BCUT2D eigenvalue weighted by atomic mass is 10.1. The molecular weight excluding hydrogens is 338 g/mol. The van der Waals surface area contributed by atoms with Crippen LogP contribution in [0, 0.1) is 0 Å². The predicted octanol–water partition coefficient (Wildman–Crippen LogP) is 2.51. The summed E-state index contributed by atoms with van der Waals surface area (Å²) < 4.78 is 0. The summed E-state index contributed by atoms with van der Waals surface area (Å²) in [7, 11) is 0. The van der Waals surface area contributed by atoms with E-state index in [0.29, 0.717) is 23.7 Å². The fourth-order valence-electron chi connectivity index (χ4n) is 2.40. The largest absolute Gasteiger partial charge is 0.349 e. The van der Waals surface area contributed by atoms with Gasteiger partial charge in [0.1, 0.15) is 0 Å². The van der Waals surface area contributed by atoms with E-state index in [1.807, 2.05) is 30.3 Å². The molecule has 1 unspecified atom stereocenters. The summed E-state index contributed by atoms with van der Waals surface area (Å²) >= 11 is 0. The van der Waals surface area contributed by atoms with Crippen molar-refractivity contribution < 1.29 is 9.59 Å². The van der Waals surface area contributed by atoms with Crippen LogP contribution < -0.4 is 16.4 Å². The van der Waals surface area contributed by atoms with Crippen molar-refractivity contribution in [3.05, 3.63) is 65.7 Å². The lowest BCUT2D eigenvalue weighted by Crippen LogP contribution is -2.37. The molecular formula is C19H22ClN3O2. The van der Waals surface area contributed by atoms with Crippen molar-refractivity contribution in [3.8, 4) is 0 Å². The Labute approximate surface area is 153 Å². The first-order valence-electron chi connectivity index (χ1n) is 8.13. The third kappa shape index (κ3) is 5.59. The first kappa shape index (κ1) is 19.0. The van der Waals surface area contributed by atoms with E-state index in [1.54, 1.807) is 24.3 Å². The van der Waals surface area contributed by atoms with Crippen molar-refractivity contribution in [2.24, 2.45) is 5.73 Å². The second-order valence-electron chi connectivity index (χ2n) is 6.11. The highest BCUT2D eigenvalue weighted by Crippen LogP contribution is 2.19. The van der Waals surface area contributed by atoms with Gasteiger partial charge in [-0.2, -0.15) is 0 Å². The summed E-state index contributed by atoms with van der Waals surface area (Å²) in [5, 5.41) is 5.72. The Hall–Kier alpha value is -2.37. The quantitative estimate of drug-likeness (QED) is 0.741. The second-order valence-corrected chi connectivity index (χ2v) is 6.11. The molecule has 3 rings (SSSR count). The number of halogens is 1. The topological polar surface area (TPSA) is 84.2 Å². The number of nitrogens with two attached hydrogens (primary N) is 1. The summed E-state index contributed by atoms with van der Waals surface area (Å²) in [6.45, 7) is 0. The standard InChI is InChI=1S/C19H21N3O2.ClH/c20-17(12-13-4-2-1-3-5-13)19(24)22-15-8-6-14(7-9-15)18(23)21-16-10-11-16;/h1-9,16-17H,10-12,20H2,(H,21,23)(H,22,24);1H. The van der Waals surface area contributed by atoms with Crippen molar-refractivity contribution in [1.82, 2.24) is 5.32 Å². The van der Waals surface area contributed by atoms with Crippen LogP contribution in [0.5, 0.6) is 0 Å². The van der Waals surface area contributed by atoms with Gasteiger partial charge in [-0.15, -0.1) is 12.4 Å². The van der Waals surface area contributed by atoms with Crippen LogP contribution in [0.1, 0.15) is 28.8 Å². The average Bonchev–Trinajstić information content (AvgIpc) is 3.40. The van der Waals surface area contributed by atoms with E-state index in [2.05, 4.69) is 10.6 Å². The zero-order valence-corrected chi connectivity index (χ0v) is 14.6. The van der Waals surface area contributed by atoms with Crippen molar-refractivity contribution in [2.45, 2.75) is 31.3 Å². The van der Waals surface area contributed by atoms with Crippen LogP contribution in [0.2, 0.25) is 0 Å². The molecule has 0 aromatic heterocycles. The number of hydrogen-bond donors (Lipinski definition) is 3. The first-order valence-corrected chi connectivity index (χ1v) is 8.13. The third-order valence-electron chi connectivity index (χ3n) is 3.96. The molecule has 2 aromatic rings. The van der Waals surface area contributed by atoms with Gasteiger partial charge in [0.2, 0.25) is 5.91 Å². The van der Waals surface area contributed by atoms with Gasteiger partial charge in [0.05, 0.1) is 6.04 Å². The highest BCUT2D eigenvalue weighted by atomic mass is 35.5. The maximum absolute atomic E-state index is 12.2. The lowest BCUT2D eigenvalue weighted by Gasteiger charge is -2.13. The van der Waals surface area contributed by atoms with Crippen LogP contribution in [-0.4, -0.2) is 23.9 Å². The second kappa shape index (κ2) is 8.65. The minimum atomic E-state index is -0.620. The van der Waals surface area contributed by atoms with E-state index in [1.165, 1.54) is 0 Å². The SMILES string of the molecule is Cl.NC(Cc1ccccc1)C(=O)Nc1ccc(C(=O)NC2CC2)cc1. The molecule has 1 aliphatic carbocycles. The fraction of sp³-hybridized carbons (Fsp3) is 0.263. The molecule has 1 fully saturated rings. The molecule has 4 N–H and O–H groups in total. The normalized spacial score (nSPS) is 14.1. The fourth-order valence-corrected chi connectivity index (χ4v) is 2.40. The van der Waals surface area contributed by atoms with E-state index in [0.717, 1.165) is 18.4 Å². The number of hydrogen-bond acceptors (Lipinski definition) is 3. The number of amides is 2. The molecule has 5 nitrogen and oxygen atoms in total. The molecule has 132 valence electrons. The zero-order valence-electron chi connectivity index (χ0n) is 13.8. The molecule has 1 saturated carbocycles. The monoisotopic (exact) mass is 359 g/mol. The molecule has 0 heterocycles. The summed E-state index contributed by atoms with van der Waals surface area (Å²) in [5.41, 5.74) is 8.20. The minimum Gasteiger partial charge on any atom is -0.349 e. The van der Waals surface area contributed by atoms with Crippen molar-refractivity contribution >= 4 is 29.9 Å². The maximum Gasteiger partial charge on any atom is 0.251 e. The number of benzene rings is 2. The molecule has 6 heteroatoms. The average molecular weight is 360 g/mol. The Morgan fingerprint density at radius 1 is 1.04 bits per heavy atom. The molecule has 2 aromatic carbocycles. The van der Waals surface area contributed by atoms with Gasteiger partial charge in [0.25, 0.3) is 5.91 Å². The van der Waals surface area contributed by atoms with Crippen LogP contribution in [0.3, 0.4) is 0 Å². The number of anilines is 1. The van der Waals surface area contributed by atoms with E-state index in [9.17, 15) is 9.59 Å². The highest BCUT2D eigenvalue weighted by molar-refractivity contribution is 5.97. The summed E-state index contributed by atoms with van der Waals surface area (Å²) in [6.07, 6.45) is 2.59.